The third-order valence-corrected chi connectivity index (χ3v) is 2.75. The van der Waals surface area contributed by atoms with E-state index in [2.05, 4.69) is 20.3 Å². The molecule has 0 aliphatic carbocycles. The third kappa shape index (κ3) is 2.66. The van der Waals surface area contributed by atoms with E-state index in [-0.39, 0.29) is 0 Å². The van der Waals surface area contributed by atoms with E-state index in [1.807, 2.05) is 36.8 Å². The van der Waals surface area contributed by atoms with E-state index < -0.39 is 0 Å². The molecule has 0 unspecified atom stereocenters. The molecule has 0 saturated carbocycles. The van der Waals surface area contributed by atoms with Crippen LogP contribution in [0, 0.1) is 0 Å². The van der Waals surface area contributed by atoms with Gasteiger partial charge < -0.3 is 10.2 Å². The summed E-state index contributed by atoms with van der Waals surface area (Å²) in [6.07, 6.45) is 3.60. The van der Waals surface area contributed by atoms with Crippen molar-refractivity contribution >= 4 is 23.1 Å². The molecule has 1 N–H and O–H groups in total. The number of nitrogens with one attached hydrogen (secondary N) is 1. The highest BCUT2D eigenvalue weighted by atomic mass is 32.1. The standard InChI is InChI=1S/C10H13N5S/c1-15(2)10-12-4-3-9(14-10)13-6-8-5-11-7-16-8/h3-5,7H,6H2,1-2H3,(H,12,13,14). The van der Waals surface area contributed by atoms with Gasteiger partial charge in [0.15, 0.2) is 0 Å². The average Bonchev–Trinajstić information content (AvgIpc) is 2.79. The van der Waals surface area contributed by atoms with E-state index in [0.717, 1.165) is 12.4 Å². The van der Waals surface area contributed by atoms with E-state index >= 15 is 0 Å². The Morgan fingerprint density at radius 3 is 3.00 bits per heavy atom. The highest BCUT2D eigenvalue weighted by molar-refractivity contribution is 7.09. The molecule has 2 aromatic heterocycles. The molecule has 0 aliphatic heterocycles. The Kier molecular flexibility index (Phi) is 3.31. The van der Waals surface area contributed by atoms with Crippen LogP contribution < -0.4 is 10.2 Å². The molecule has 16 heavy (non-hydrogen) atoms. The van der Waals surface area contributed by atoms with Crippen LogP contribution >= 0.6 is 11.3 Å². The Morgan fingerprint density at radius 2 is 2.31 bits per heavy atom. The van der Waals surface area contributed by atoms with Gasteiger partial charge >= 0.3 is 0 Å². The Labute approximate surface area is 98.2 Å². The summed E-state index contributed by atoms with van der Waals surface area (Å²) in [7, 11) is 3.84. The summed E-state index contributed by atoms with van der Waals surface area (Å²) in [5, 5.41) is 3.23. The predicted octanol–water partition coefficient (Wildman–Crippen LogP) is 1.61. The Morgan fingerprint density at radius 1 is 1.44 bits per heavy atom. The predicted molar refractivity (Wildman–Crippen MR) is 65.8 cm³/mol. The molecule has 6 heteroatoms. The number of rotatable bonds is 4. The first-order chi connectivity index (χ1) is 7.75. The summed E-state index contributed by atoms with van der Waals surface area (Å²) in [6, 6.07) is 1.86. The van der Waals surface area contributed by atoms with Gasteiger partial charge in [0.05, 0.1) is 12.1 Å². The molecule has 0 aliphatic rings. The lowest BCUT2D eigenvalue weighted by Gasteiger charge is -2.11. The molecule has 0 fully saturated rings. The fourth-order valence-electron chi connectivity index (χ4n) is 1.17. The number of nitrogens with zero attached hydrogens (tertiary/aromatic N) is 4. The molecule has 0 saturated heterocycles. The first kappa shape index (κ1) is 10.8. The molecular formula is C10H13N5S. The molecule has 0 spiro atoms. The van der Waals surface area contributed by atoms with Crippen LogP contribution in [0.5, 0.6) is 0 Å². The summed E-state index contributed by atoms with van der Waals surface area (Å²) in [6.45, 7) is 0.745. The number of anilines is 2. The van der Waals surface area contributed by atoms with Crippen molar-refractivity contribution in [2.75, 3.05) is 24.3 Å². The molecule has 0 bridgehead atoms. The largest absolute Gasteiger partial charge is 0.365 e. The van der Waals surface area contributed by atoms with Crippen LogP contribution in [-0.2, 0) is 6.54 Å². The first-order valence-corrected chi connectivity index (χ1v) is 5.75. The van der Waals surface area contributed by atoms with E-state index in [1.54, 1.807) is 17.5 Å². The van der Waals surface area contributed by atoms with Crippen LogP contribution in [0.25, 0.3) is 0 Å². The highest BCUT2D eigenvalue weighted by Gasteiger charge is 2.01. The van der Waals surface area contributed by atoms with Gasteiger partial charge in [0.2, 0.25) is 5.95 Å². The molecule has 2 heterocycles. The van der Waals surface area contributed by atoms with Gasteiger partial charge in [-0.1, -0.05) is 0 Å². The van der Waals surface area contributed by atoms with Crippen molar-refractivity contribution in [2.24, 2.45) is 0 Å². The Hall–Kier alpha value is -1.69. The minimum Gasteiger partial charge on any atom is -0.365 e. The SMILES string of the molecule is CN(C)c1nccc(NCc2cncs2)n1. The Bertz CT molecular complexity index is 440. The molecule has 0 amide bonds. The van der Waals surface area contributed by atoms with Gasteiger partial charge in [-0.2, -0.15) is 4.98 Å². The van der Waals surface area contributed by atoms with E-state index in [9.17, 15) is 0 Å². The van der Waals surface area contributed by atoms with Gasteiger partial charge in [-0.05, 0) is 6.07 Å². The van der Waals surface area contributed by atoms with Crippen LogP contribution in [0.1, 0.15) is 4.88 Å². The summed E-state index contributed by atoms with van der Waals surface area (Å²) in [5.74, 6) is 1.53. The molecule has 0 aromatic carbocycles. The highest BCUT2D eigenvalue weighted by Crippen LogP contribution is 2.11. The Balaban J connectivity index is 2.01. The van der Waals surface area contributed by atoms with Crippen molar-refractivity contribution in [2.45, 2.75) is 6.54 Å². The van der Waals surface area contributed by atoms with Gasteiger partial charge in [0.1, 0.15) is 5.82 Å². The van der Waals surface area contributed by atoms with Gasteiger partial charge in [-0.15, -0.1) is 11.3 Å². The van der Waals surface area contributed by atoms with Crippen LogP contribution in [-0.4, -0.2) is 29.0 Å². The lowest BCUT2D eigenvalue weighted by atomic mass is 10.5. The van der Waals surface area contributed by atoms with Gasteiger partial charge in [0, 0.05) is 31.4 Å². The minimum absolute atomic E-state index is 0.703. The average molecular weight is 235 g/mol. The molecule has 2 aromatic rings. The number of hydrogen-bond donors (Lipinski definition) is 1. The number of thiazole rings is 1. The quantitative estimate of drug-likeness (QED) is 0.872. The van der Waals surface area contributed by atoms with Gasteiger partial charge in [0.25, 0.3) is 0 Å². The van der Waals surface area contributed by atoms with Crippen molar-refractivity contribution in [3.8, 4) is 0 Å². The molecule has 84 valence electrons. The van der Waals surface area contributed by atoms with Crippen molar-refractivity contribution in [3.63, 3.8) is 0 Å². The molecular weight excluding hydrogens is 222 g/mol. The van der Waals surface area contributed by atoms with Gasteiger partial charge in [-0.3, -0.25) is 4.98 Å². The lowest BCUT2D eigenvalue weighted by Crippen LogP contribution is -2.13. The topological polar surface area (TPSA) is 53.9 Å². The van der Waals surface area contributed by atoms with Crippen LogP contribution in [0.2, 0.25) is 0 Å². The molecule has 0 radical (unpaired) electrons. The number of aromatic nitrogens is 3. The van der Waals surface area contributed by atoms with Crippen molar-refractivity contribution in [1.29, 1.82) is 0 Å². The van der Waals surface area contributed by atoms with Crippen LogP contribution in [0.15, 0.2) is 24.0 Å². The van der Waals surface area contributed by atoms with Crippen molar-refractivity contribution in [3.05, 3.63) is 28.8 Å². The summed E-state index contributed by atoms with van der Waals surface area (Å²) in [4.78, 5) is 15.6. The maximum atomic E-state index is 4.36. The zero-order valence-corrected chi connectivity index (χ0v) is 10.0. The molecule has 2 rings (SSSR count). The lowest BCUT2D eigenvalue weighted by molar-refractivity contribution is 0.989. The maximum Gasteiger partial charge on any atom is 0.226 e. The second-order valence-corrected chi connectivity index (χ2v) is 4.43. The second-order valence-electron chi connectivity index (χ2n) is 3.46. The van der Waals surface area contributed by atoms with Crippen molar-refractivity contribution < 1.29 is 0 Å². The molecule has 5 nitrogen and oxygen atoms in total. The number of hydrogen-bond acceptors (Lipinski definition) is 6. The van der Waals surface area contributed by atoms with Gasteiger partial charge in [-0.25, -0.2) is 4.98 Å². The maximum absolute atomic E-state index is 4.36. The fraction of sp³-hybridized carbons (Fsp3) is 0.300. The van der Waals surface area contributed by atoms with E-state index in [4.69, 9.17) is 0 Å². The second kappa shape index (κ2) is 4.89. The first-order valence-electron chi connectivity index (χ1n) is 4.87. The third-order valence-electron chi connectivity index (χ3n) is 1.97. The van der Waals surface area contributed by atoms with Crippen LogP contribution in [0.4, 0.5) is 11.8 Å². The molecule has 0 atom stereocenters. The van der Waals surface area contributed by atoms with E-state index in [0.29, 0.717) is 5.95 Å². The summed E-state index contributed by atoms with van der Waals surface area (Å²) in [5.41, 5.74) is 1.82. The van der Waals surface area contributed by atoms with E-state index in [1.165, 1.54) is 4.88 Å². The summed E-state index contributed by atoms with van der Waals surface area (Å²) < 4.78 is 0. The van der Waals surface area contributed by atoms with Crippen molar-refractivity contribution in [1.82, 2.24) is 15.0 Å². The summed E-state index contributed by atoms with van der Waals surface area (Å²) >= 11 is 1.63. The normalized spacial score (nSPS) is 10.1. The fourth-order valence-corrected chi connectivity index (χ4v) is 1.70. The zero-order chi connectivity index (χ0) is 11.4. The van der Waals surface area contributed by atoms with Crippen LogP contribution in [0.3, 0.4) is 0 Å². The smallest absolute Gasteiger partial charge is 0.226 e. The minimum atomic E-state index is 0.703. The zero-order valence-electron chi connectivity index (χ0n) is 9.21. The monoisotopic (exact) mass is 235 g/mol.